The number of furan rings is 1. The van der Waals surface area contributed by atoms with Gasteiger partial charge < -0.3 is 9.52 Å². The van der Waals surface area contributed by atoms with Crippen LogP contribution in [0.4, 0.5) is 0 Å². The van der Waals surface area contributed by atoms with E-state index in [1.54, 1.807) is 6.92 Å². The summed E-state index contributed by atoms with van der Waals surface area (Å²) in [6.45, 7) is 3.90. The first-order valence-corrected chi connectivity index (χ1v) is 7.68. The molecule has 116 valence electrons. The van der Waals surface area contributed by atoms with Gasteiger partial charge in [-0.1, -0.05) is 19.1 Å². The van der Waals surface area contributed by atoms with Crippen molar-refractivity contribution in [3.8, 4) is 0 Å². The summed E-state index contributed by atoms with van der Waals surface area (Å²) in [6.07, 6.45) is 2.84. The minimum atomic E-state index is -0.943. The highest BCUT2D eigenvalue weighted by molar-refractivity contribution is 6.03. The van der Waals surface area contributed by atoms with E-state index in [9.17, 15) is 9.90 Å². The third kappa shape index (κ3) is 2.05. The molecule has 0 amide bonds. The van der Waals surface area contributed by atoms with Crippen LogP contribution >= 0.6 is 0 Å². The van der Waals surface area contributed by atoms with Gasteiger partial charge >= 0.3 is 5.97 Å². The van der Waals surface area contributed by atoms with Gasteiger partial charge in [-0.05, 0) is 49.1 Å². The maximum atomic E-state index is 11.5. The predicted octanol–water partition coefficient (Wildman–Crippen LogP) is 4.28. The maximum absolute atomic E-state index is 11.5. The van der Waals surface area contributed by atoms with Crippen LogP contribution in [0.25, 0.3) is 11.0 Å². The first-order chi connectivity index (χ1) is 11.0. The molecule has 4 heteroatoms. The lowest BCUT2D eigenvalue weighted by molar-refractivity contribution is 0.0697. The number of fused-ring (bicyclic) bond motifs is 1. The van der Waals surface area contributed by atoms with Crippen LogP contribution < -0.4 is 0 Å². The van der Waals surface area contributed by atoms with E-state index in [0.29, 0.717) is 22.6 Å². The van der Waals surface area contributed by atoms with Crippen LogP contribution in [0.3, 0.4) is 0 Å². The Labute approximate surface area is 133 Å². The van der Waals surface area contributed by atoms with Crippen molar-refractivity contribution in [1.29, 1.82) is 0 Å². The number of aryl methyl sites for hydroxylation is 1. The Bertz CT molecular complexity index is 913. The molecule has 1 N–H and O–H groups in total. The second kappa shape index (κ2) is 4.69. The highest BCUT2D eigenvalue weighted by Gasteiger charge is 2.53. The highest BCUT2D eigenvalue weighted by atomic mass is 16.4. The molecule has 0 spiro atoms. The lowest BCUT2D eigenvalue weighted by Gasteiger charge is -2.10. The van der Waals surface area contributed by atoms with Crippen LogP contribution in [0, 0.1) is 6.92 Å². The molecule has 0 aliphatic heterocycles. The molecule has 3 aromatic rings. The minimum Gasteiger partial charge on any atom is -0.478 e. The van der Waals surface area contributed by atoms with Crippen molar-refractivity contribution < 1.29 is 14.3 Å². The molecule has 2 unspecified atom stereocenters. The quantitative estimate of drug-likeness (QED) is 0.784. The summed E-state index contributed by atoms with van der Waals surface area (Å²) in [4.78, 5) is 16.0. The number of aromatic carboxylic acids is 1. The number of carboxylic acids is 1. The Morgan fingerprint density at radius 3 is 2.87 bits per heavy atom. The molecule has 1 aromatic carbocycles. The van der Waals surface area contributed by atoms with Crippen LogP contribution in [0.2, 0.25) is 0 Å². The third-order valence-electron chi connectivity index (χ3n) is 4.99. The van der Waals surface area contributed by atoms with E-state index in [-0.39, 0.29) is 11.0 Å². The van der Waals surface area contributed by atoms with Crippen molar-refractivity contribution in [1.82, 2.24) is 4.98 Å². The largest absolute Gasteiger partial charge is 0.478 e. The van der Waals surface area contributed by atoms with Gasteiger partial charge in [0.15, 0.2) is 0 Å². The van der Waals surface area contributed by atoms with E-state index in [2.05, 4.69) is 18.0 Å². The molecule has 4 nitrogen and oxygen atoms in total. The molecule has 1 fully saturated rings. The second-order valence-electron chi connectivity index (χ2n) is 6.48. The summed E-state index contributed by atoms with van der Waals surface area (Å²) in [5.74, 6) is -0.131. The fourth-order valence-electron chi connectivity index (χ4n) is 3.55. The van der Waals surface area contributed by atoms with E-state index in [0.717, 1.165) is 17.7 Å². The van der Waals surface area contributed by atoms with Crippen molar-refractivity contribution >= 4 is 16.9 Å². The topological polar surface area (TPSA) is 63.3 Å². The molecule has 23 heavy (non-hydrogen) atoms. The van der Waals surface area contributed by atoms with Gasteiger partial charge in [-0.3, -0.25) is 4.98 Å². The fraction of sp³-hybridized carbons (Fsp3) is 0.263. The van der Waals surface area contributed by atoms with E-state index in [1.807, 2.05) is 36.5 Å². The molecule has 0 radical (unpaired) electrons. The molecule has 2 atom stereocenters. The van der Waals surface area contributed by atoms with Gasteiger partial charge in [0.1, 0.15) is 16.9 Å². The Hall–Kier alpha value is -2.62. The van der Waals surface area contributed by atoms with E-state index in [4.69, 9.17) is 4.42 Å². The third-order valence-corrected chi connectivity index (χ3v) is 4.99. The number of hydrogen-bond donors (Lipinski definition) is 1. The molecular weight excluding hydrogens is 290 g/mol. The Morgan fingerprint density at radius 1 is 1.35 bits per heavy atom. The number of rotatable bonds is 3. The molecule has 2 aromatic heterocycles. The second-order valence-corrected chi connectivity index (χ2v) is 6.48. The molecule has 4 rings (SSSR count). The lowest BCUT2D eigenvalue weighted by Crippen LogP contribution is -2.06. The van der Waals surface area contributed by atoms with Gasteiger partial charge in [-0.15, -0.1) is 0 Å². The number of pyridine rings is 1. The summed E-state index contributed by atoms with van der Waals surface area (Å²) < 4.78 is 5.56. The van der Waals surface area contributed by atoms with Crippen LogP contribution in [0.15, 0.2) is 47.0 Å². The average molecular weight is 307 g/mol. The monoisotopic (exact) mass is 307 g/mol. The zero-order valence-corrected chi connectivity index (χ0v) is 13.0. The first-order valence-electron chi connectivity index (χ1n) is 7.68. The van der Waals surface area contributed by atoms with Crippen molar-refractivity contribution in [2.24, 2.45) is 0 Å². The Kier molecular flexibility index (Phi) is 2.85. The number of aromatic nitrogens is 1. The van der Waals surface area contributed by atoms with Crippen molar-refractivity contribution in [2.75, 3.05) is 0 Å². The van der Waals surface area contributed by atoms with Gasteiger partial charge in [-0.2, -0.15) is 0 Å². The number of carboxylic acid groups (broad SMARTS) is 1. The standard InChI is InChI=1S/C19H17NO3/c1-11-17(18(21)22)13-9-12(6-7-15(13)23-11)14-10-19(14,2)16-5-3-4-8-20-16/h3-9,14H,10H2,1-2H3,(H,21,22). The first kappa shape index (κ1) is 14.0. The van der Waals surface area contributed by atoms with Crippen LogP contribution in [-0.4, -0.2) is 16.1 Å². The van der Waals surface area contributed by atoms with Crippen molar-refractivity contribution in [3.05, 3.63) is 65.2 Å². The number of hydrogen-bond acceptors (Lipinski definition) is 3. The van der Waals surface area contributed by atoms with E-state index in [1.165, 1.54) is 0 Å². The number of nitrogens with zero attached hydrogens (tertiary/aromatic N) is 1. The maximum Gasteiger partial charge on any atom is 0.339 e. The zero-order chi connectivity index (χ0) is 16.2. The molecular formula is C19H17NO3. The summed E-state index contributed by atoms with van der Waals surface area (Å²) in [6, 6.07) is 11.9. The molecule has 2 heterocycles. The lowest BCUT2D eigenvalue weighted by atomic mass is 9.96. The minimum absolute atomic E-state index is 0.0249. The molecule has 0 bridgehead atoms. The van der Waals surface area contributed by atoms with Gasteiger partial charge in [-0.25, -0.2) is 4.79 Å². The molecule has 1 saturated carbocycles. The Morgan fingerprint density at radius 2 is 2.17 bits per heavy atom. The zero-order valence-electron chi connectivity index (χ0n) is 13.0. The van der Waals surface area contributed by atoms with Crippen LogP contribution in [0.1, 0.15) is 46.6 Å². The number of carbonyl (C=O) groups is 1. The normalized spacial score (nSPS) is 23.1. The van der Waals surface area contributed by atoms with Gasteiger partial charge in [0.05, 0.1) is 0 Å². The van der Waals surface area contributed by atoms with Gasteiger partial charge in [0.2, 0.25) is 0 Å². The SMILES string of the molecule is Cc1oc2ccc(C3CC3(C)c3ccccn3)cc2c1C(=O)O. The molecule has 1 aliphatic carbocycles. The smallest absolute Gasteiger partial charge is 0.339 e. The van der Waals surface area contributed by atoms with Gasteiger partial charge in [0.25, 0.3) is 0 Å². The summed E-state index contributed by atoms with van der Waals surface area (Å²) in [7, 11) is 0. The average Bonchev–Trinajstić information content (AvgIpc) is 3.12. The number of benzene rings is 1. The van der Waals surface area contributed by atoms with Crippen LogP contribution in [0.5, 0.6) is 0 Å². The van der Waals surface area contributed by atoms with Crippen LogP contribution in [-0.2, 0) is 5.41 Å². The Balaban J connectivity index is 1.77. The predicted molar refractivity (Wildman–Crippen MR) is 86.9 cm³/mol. The van der Waals surface area contributed by atoms with E-state index < -0.39 is 5.97 Å². The summed E-state index contributed by atoms with van der Waals surface area (Å²) in [5.41, 5.74) is 3.16. The van der Waals surface area contributed by atoms with Gasteiger partial charge in [0, 0.05) is 22.7 Å². The highest BCUT2D eigenvalue weighted by Crippen LogP contribution is 2.59. The summed E-state index contributed by atoms with van der Waals surface area (Å²) in [5, 5.41) is 10.1. The fourth-order valence-corrected chi connectivity index (χ4v) is 3.55. The van der Waals surface area contributed by atoms with Crippen molar-refractivity contribution in [2.45, 2.75) is 31.6 Å². The molecule has 1 aliphatic rings. The van der Waals surface area contributed by atoms with Crippen molar-refractivity contribution in [3.63, 3.8) is 0 Å². The van der Waals surface area contributed by atoms with E-state index >= 15 is 0 Å². The summed E-state index contributed by atoms with van der Waals surface area (Å²) >= 11 is 0. The molecule has 0 saturated heterocycles.